The number of carbonyl (C=O) groups excluding carboxylic acids is 1. The van der Waals surface area contributed by atoms with Crippen molar-refractivity contribution in [2.24, 2.45) is 16.7 Å². The van der Waals surface area contributed by atoms with Gasteiger partial charge in [0.15, 0.2) is 5.78 Å². The molecular weight excluding hydrogens is 386 g/mol. The molecule has 0 fully saturated rings. The Balaban J connectivity index is 2.33. The molecule has 2 nitrogen and oxygen atoms in total. The van der Waals surface area contributed by atoms with Crippen LogP contribution in [0.4, 0.5) is 5.69 Å². The van der Waals surface area contributed by atoms with E-state index < -0.39 is 0 Å². The van der Waals surface area contributed by atoms with Gasteiger partial charge < -0.3 is 5.32 Å². The molecule has 1 unspecified atom stereocenters. The number of para-hydroxylation sites is 1. The zero-order chi connectivity index (χ0) is 22.4. The summed E-state index contributed by atoms with van der Waals surface area (Å²) in [7, 11) is 0. The molecule has 0 aliphatic rings. The number of Topliss-reactive ketones (excluding diaryl/α,β-unsaturated/α-hetero) is 1. The van der Waals surface area contributed by atoms with Gasteiger partial charge in [0.2, 0.25) is 0 Å². The summed E-state index contributed by atoms with van der Waals surface area (Å²) in [6, 6.07) is 18.5. The minimum atomic E-state index is -0.0905. The fourth-order valence-electron chi connectivity index (χ4n) is 2.63. The second kappa shape index (κ2) is 10.2. The van der Waals surface area contributed by atoms with Crippen LogP contribution in [0, 0.1) is 16.7 Å². The smallest absolute Gasteiger partial charge is 0.167 e. The van der Waals surface area contributed by atoms with Gasteiger partial charge in [0, 0.05) is 27.5 Å². The van der Waals surface area contributed by atoms with Crippen molar-refractivity contribution in [1.29, 1.82) is 0 Å². The summed E-state index contributed by atoms with van der Waals surface area (Å²) in [4.78, 5) is 15.5. The Morgan fingerprint density at radius 1 is 0.933 bits per heavy atom. The summed E-state index contributed by atoms with van der Waals surface area (Å²) in [6.07, 6.45) is 5.92. The number of benzene rings is 2. The first-order valence-electron chi connectivity index (χ1n) is 10.5. The van der Waals surface area contributed by atoms with E-state index in [9.17, 15) is 4.79 Å². The van der Waals surface area contributed by atoms with Gasteiger partial charge in [-0.2, -0.15) is 0 Å². The van der Waals surface area contributed by atoms with Gasteiger partial charge in [-0.15, -0.1) is 0 Å². The Morgan fingerprint density at radius 3 is 2.13 bits per heavy atom. The monoisotopic (exact) mass is 421 g/mol. The predicted molar refractivity (Wildman–Crippen MR) is 131 cm³/mol. The average Bonchev–Trinajstić information content (AvgIpc) is 2.67. The molecule has 0 saturated carbocycles. The fourth-order valence-corrected chi connectivity index (χ4v) is 3.56. The van der Waals surface area contributed by atoms with Crippen LogP contribution in [0.25, 0.3) is 0 Å². The van der Waals surface area contributed by atoms with Gasteiger partial charge in [0.25, 0.3) is 0 Å². The largest absolute Gasteiger partial charge is 0.360 e. The van der Waals surface area contributed by atoms with Crippen LogP contribution in [0.15, 0.2) is 88.3 Å². The van der Waals surface area contributed by atoms with E-state index in [1.54, 1.807) is 11.8 Å². The van der Waals surface area contributed by atoms with E-state index in [4.69, 9.17) is 0 Å². The van der Waals surface area contributed by atoms with Crippen LogP contribution in [-0.4, -0.2) is 5.78 Å². The van der Waals surface area contributed by atoms with Crippen molar-refractivity contribution in [2.45, 2.75) is 58.3 Å². The summed E-state index contributed by atoms with van der Waals surface area (Å²) in [5.41, 5.74) is 1.61. The van der Waals surface area contributed by atoms with Crippen LogP contribution >= 0.6 is 11.8 Å². The van der Waals surface area contributed by atoms with Crippen molar-refractivity contribution >= 4 is 23.2 Å². The van der Waals surface area contributed by atoms with Crippen LogP contribution in [0.3, 0.4) is 0 Å². The molecule has 2 aromatic rings. The van der Waals surface area contributed by atoms with Crippen LogP contribution in [0.1, 0.15) is 48.5 Å². The SMILES string of the molecule is CC(C(=O)C(=CNc1ccccc1Sc1ccccc1)/C=C/C(C)(C)C)C(C)(C)C. The highest BCUT2D eigenvalue weighted by Gasteiger charge is 2.28. The van der Waals surface area contributed by atoms with E-state index in [2.05, 4.69) is 71.1 Å². The fraction of sp³-hybridized carbons (Fsp3) is 0.370. The van der Waals surface area contributed by atoms with Gasteiger partial charge in [-0.3, -0.25) is 4.79 Å². The molecule has 1 atom stereocenters. The maximum Gasteiger partial charge on any atom is 0.167 e. The molecule has 0 heterocycles. The number of allylic oxidation sites excluding steroid dienone is 3. The topological polar surface area (TPSA) is 29.1 Å². The molecule has 0 aliphatic carbocycles. The van der Waals surface area contributed by atoms with Crippen molar-refractivity contribution in [1.82, 2.24) is 0 Å². The van der Waals surface area contributed by atoms with Crippen LogP contribution in [0.2, 0.25) is 0 Å². The lowest BCUT2D eigenvalue weighted by Gasteiger charge is -2.26. The summed E-state index contributed by atoms with van der Waals surface area (Å²) in [5, 5.41) is 3.40. The standard InChI is InChI=1S/C27H35NOS/c1-20(27(5,6)7)25(29)21(17-18-26(2,3)4)19-28-23-15-11-12-16-24(23)30-22-13-9-8-10-14-22/h8-20,28H,1-7H3/b18-17+,21-19?. The lowest BCUT2D eigenvalue weighted by molar-refractivity contribution is -0.121. The number of carbonyl (C=O) groups is 1. The van der Waals surface area contributed by atoms with Crippen molar-refractivity contribution in [3.63, 3.8) is 0 Å². The number of hydrogen-bond donors (Lipinski definition) is 1. The van der Waals surface area contributed by atoms with Gasteiger partial charge in [-0.1, -0.05) is 103 Å². The van der Waals surface area contributed by atoms with Crippen molar-refractivity contribution in [3.05, 3.63) is 78.5 Å². The summed E-state index contributed by atoms with van der Waals surface area (Å²) < 4.78 is 0. The third-order valence-electron chi connectivity index (χ3n) is 4.98. The van der Waals surface area contributed by atoms with E-state index in [0.717, 1.165) is 10.6 Å². The minimum absolute atomic E-state index is 0.00537. The van der Waals surface area contributed by atoms with E-state index in [1.807, 2.05) is 55.6 Å². The normalized spacial score (nSPS) is 14.0. The average molecular weight is 422 g/mol. The number of hydrogen-bond acceptors (Lipinski definition) is 3. The second-order valence-corrected chi connectivity index (χ2v) is 10.9. The van der Waals surface area contributed by atoms with E-state index >= 15 is 0 Å². The molecule has 2 aromatic carbocycles. The zero-order valence-corrected chi connectivity index (χ0v) is 20.1. The van der Waals surface area contributed by atoms with Crippen LogP contribution in [-0.2, 0) is 4.79 Å². The Hall–Kier alpha value is -2.26. The highest BCUT2D eigenvalue weighted by Crippen LogP contribution is 2.34. The Labute approximate surface area is 186 Å². The maximum absolute atomic E-state index is 13.2. The second-order valence-electron chi connectivity index (χ2n) is 9.81. The lowest BCUT2D eigenvalue weighted by Crippen LogP contribution is -2.27. The summed E-state index contributed by atoms with van der Waals surface area (Å²) in [5.74, 6) is 0.0767. The number of anilines is 1. The number of rotatable bonds is 7. The molecule has 0 saturated heterocycles. The third kappa shape index (κ3) is 7.53. The van der Waals surface area contributed by atoms with Gasteiger partial charge in [-0.25, -0.2) is 0 Å². The Bertz CT molecular complexity index is 898. The summed E-state index contributed by atoms with van der Waals surface area (Å²) in [6.45, 7) is 14.8. The van der Waals surface area contributed by atoms with Crippen LogP contribution in [0.5, 0.6) is 0 Å². The molecule has 160 valence electrons. The first-order chi connectivity index (χ1) is 14.0. The molecule has 0 amide bonds. The van der Waals surface area contributed by atoms with E-state index in [-0.39, 0.29) is 22.5 Å². The van der Waals surface area contributed by atoms with Crippen molar-refractivity contribution in [2.75, 3.05) is 5.32 Å². The molecular formula is C27H35NOS. The predicted octanol–water partition coefficient (Wildman–Crippen LogP) is 7.99. The number of ketones is 1. The quantitative estimate of drug-likeness (QED) is 0.363. The molecule has 2 rings (SSSR count). The molecule has 0 aromatic heterocycles. The molecule has 0 spiro atoms. The first kappa shape index (κ1) is 24.0. The molecule has 0 aliphatic heterocycles. The first-order valence-corrected chi connectivity index (χ1v) is 11.3. The maximum atomic E-state index is 13.2. The van der Waals surface area contributed by atoms with Gasteiger partial charge >= 0.3 is 0 Å². The highest BCUT2D eigenvalue weighted by molar-refractivity contribution is 7.99. The Kier molecular flexibility index (Phi) is 8.14. The lowest BCUT2D eigenvalue weighted by atomic mass is 9.77. The summed E-state index contributed by atoms with van der Waals surface area (Å²) >= 11 is 1.71. The van der Waals surface area contributed by atoms with E-state index in [0.29, 0.717) is 5.57 Å². The van der Waals surface area contributed by atoms with Crippen molar-refractivity contribution in [3.8, 4) is 0 Å². The van der Waals surface area contributed by atoms with E-state index in [1.165, 1.54) is 4.90 Å². The van der Waals surface area contributed by atoms with Crippen molar-refractivity contribution < 1.29 is 4.79 Å². The zero-order valence-electron chi connectivity index (χ0n) is 19.3. The Morgan fingerprint density at radius 2 is 1.53 bits per heavy atom. The van der Waals surface area contributed by atoms with Gasteiger partial charge in [0.05, 0.1) is 5.69 Å². The van der Waals surface area contributed by atoms with Crippen LogP contribution < -0.4 is 5.32 Å². The molecule has 0 bridgehead atoms. The molecule has 30 heavy (non-hydrogen) atoms. The minimum Gasteiger partial charge on any atom is -0.360 e. The van der Waals surface area contributed by atoms with Gasteiger partial charge in [-0.05, 0) is 35.1 Å². The number of nitrogens with one attached hydrogen (secondary N) is 1. The molecule has 1 N–H and O–H groups in total. The molecule has 3 heteroatoms. The molecule has 0 radical (unpaired) electrons. The highest BCUT2D eigenvalue weighted by atomic mass is 32.2. The third-order valence-corrected chi connectivity index (χ3v) is 6.06. The van der Waals surface area contributed by atoms with Gasteiger partial charge in [0.1, 0.15) is 0 Å².